The molecular weight excluding hydrogens is 278 g/mol. The Morgan fingerprint density at radius 1 is 1.35 bits per heavy atom. The van der Waals surface area contributed by atoms with Crippen LogP contribution in [-0.2, 0) is 4.79 Å². The summed E-state index contributed by atoms with van der Waals surface area (Å²) in [5, 5.41) is 8.48. The molecule has 0 fully saturated rings. The van der Waals surface area contributed by atoms with E-state index in [0.717, 1.165) is 29.2 Å². The SMILES string of the molecule is CCN(CC(F)(F)F)c1cc(F)cc(/C=C/C(=O)O)c1. The summed E-state index contributed by atoms with van der Waals surface area (Å²) < 4.78 is 50.6. The average Bonchev–Trinajstić information content (AvgIpc) is 2.31. The summed E-state index contributed by atoms with van der Waals surface area (Å²) in [5.74, 6) is -1.95. The molecule has 0 atom stereocenters. The number of nitrogens with zero attached hydrogens (tertiary/aromatic N) is 1. The molecule has 0 aliphatic carbocycles. The van der Waals surface area contributed by atoms with Crippen LogP contribution in [-0.4, -0.2) is 30.3 Å². The van der Waals surface area contributed by atoms with E-state index < -0.39 is 24.5 Å². The minimum absolute atomic E-state index is 0.0467. The third-order valence-electron chi connectivity index (χ3n) is 2.44. The lowest BCUT2D eigenvalue weighted by Gasteiger charge is -2.24. The van der Waals surface area contributed by atoms with Gasteiger partial charge >= 0.3 is 12.1 Å². The van der Waals surface area contributed by atoms with Crippen LogP contribution in [0.2, 0.25) is 0 Å². The first kappa shape index (κ1) is 16.0. The fourth-order valence-electron chi connectivity index (χ4n) is 1.64. The molecule has 7 heteroatoms. The number of carbonyl (C=O) groups is 1. The van der Waals surface area contributed by atoms with Crippen molar-refractivity contribution in [1.29, 1.82) is 0 Å². The minimum Gasteiger partial charge on any atom is -0.478 e. The van der Waals surface area contributed by atoms with Crippen LogP contribution in [0.4, 0.5) is 23.2 Å². The molecule has 0 aliphatic heterocycles. The Kier molecular flexibility index (Phi) is 5.12. The van der Waals surface area contributed by atoms with Gasteiger partial charge < -0.3 is 10.0 Å². The zero-order chi connectivity index (χ0) is 15.3. The molecule has 0 bridgehead atoms. The van der Waals surface area contributed by atoms with Crippen molar-refractivity contribution in [3.8, 4) is 0 Å². The third-order valence-corrected chi connectivity index (χ3v) is 2.44. The lowest BCUT2D eigenvalue weighted by Crippen LogP contribution is -2.34. The number of benzene rings is 1. The quantitative estimate of drug-likeness (QED) is 0.668. The largest absolute Gasteiger partial charge is 0.478 e. The number of carboxylic acids is 1. The van der Waals surface area contributed by atoms with Crippen molar-refractivity contribution in [1.82, 2.24) is 0 Å². The van der Waals surface area contributed by atoms with E-state index in [-0.39, 0.29) is 17.8 Å². The summed E-state index contributed by atoms with van der Waals surface area (Å²) in [6, 6.07) is 3.33. The van der Waals surface area contributed by atoms with Crippen LogP contribution >= 0.6 is 0 Å². The monoisotopic (exact) mass is 291 g/mol. The Morgan fingerprint density at radius 2 is 2.00 bits per heavy atom. The van der Waals surface area contributed by atoms with E-state index in [1.807, 2.05) is 0 Å². The number of anilines is 1. The van der Waals surface area contributed by atoms with Crippen LogP contribution in [0.3, 0.4) is 0 Å². The van der Waals surface area contributed by atoms with Crippen molar-refractivity contribution >= 4 is 17.7 Å². The van der Waals surface area contributed by atoms with Gasteiger partial charge in [-0.05, 0) is 36.8 Å². The molecule has 1 rings (SSSR count). The molecule has 0 aliphatic rings. The molecular formula is C13H13F4NO2. The van der Waals surface area contributed by atoms with Gasteiger partial charge in [0.05, 0.1) is 0 Å². The summed E-state index contributed by atoms with van der Waals surface area (Å²) in [4.78, 5) is 11.3. The molecule has 1 N–H and O–H groups in total. The van der Waals surface area contributed by atoms with E-state index in [0.29, 0.717) is 0 Å². The normalized spacial score (nSPS) is 11.8. The topological polar surface area (TPSA) is 40.5 Å². The predicted molar refractivity (Wildman–Crippen MR) is 67.0 cm³/mol. The third kappa shape index (κ3) is 5.29. The highest BCUT2D eigenvalue weighted by atomic mass is 19.4. The molecule has 0 aromatic heterocycles. The Morgan fingerprint density at radius 3 is 2.50 bits per heavy atom. The number of rotatable bonds is 5. The Labute approximate surface area is 113 Å². The summed E-state index contributed by atoms with van der Waals surface area (Å²) in [6.07, 6.45) is -2.49. The van der Waals surface area contributed by atoms with Crippen molar-refractivity contribution in [3.63, 3.8) is 0 Å². The smallest absolute Gasteiger partial charge is 0.405 e. The fourth-order valence-corrected chi connectivity index (χ4v) is 1.64. The van der Waals surface area contributed by atoms with Crippen LogP contribution in [0, 0.1) is 5.82 Å². The highest BCUT2D eigenvalue weighted by molar-refractivity contribution is 5.85. The highest BCUT2D eigenvalue weighted by Crippen LogP contribution is 2.24. The molecule has 0 amide bonds. The van der Waals surface area contributed by atoms with E-state index in [1.54, 1.807) is 0 Å². The maximum absolute atomic E-state index is 13.4. The first-order valence-electron chi connectivity index (χ1n) is 5.74. The summed E-state index contributed by atoms with van der Waals surface area (Å²) in [7, 11) is 0. The van der Waals surface area contributed by atoms with Crippen LogP contribution in [0.25, 0.3) is 6.08 Å². The van der Waals surface area contributed by atoms with Gasteiger partial charge in [0.15, 0.2) is 0 Å². The molecule has 0 saturated heterocycles. The van der Waals surface area contributed by atoms with E-state index in [4.69, 9.17) is 5.11 Å². The average molecular weight is 291 g/mol. The Bertz CT molecular complexity index is 512. The maximum Gasteiger partial charge on any atom is 0.405 e. The summed E-state index contributed by atoms with van der Waals surface area (Å²) >= 11 is 0. The molecule has 0 heterocycles. The maximum atomic E-state index is 13.4. The van der Waals surface area contributed by atoms with Gasteiger partial charge in [-0.1, -0.05) is 0 Å². The van der Waals surface area contributed by atoms with Gasteiger partial charge in [-0.2, -0.15) is 13.2 Å². The lowest BCUT2D eigenvalue weighted by atomic mass is 10.1. The van der Waals surface area contributed by atoms with Gasteiger partial charge in [0.25, 0.3) is 0 Å². The molecule has 110 valence electrons. The number of halogens is 4. The number of hydrogen-bond donors (Lipinski definition) is 1. The molecule has 0 spiro atoms. The van der Waals surface area contributed by atoms with Gasteiger partial charge in [-0.15, -0.1) is 0 Å². The Hall–Kier alpha value is -2.05. The van der Waals surface area contributed by atoms with Crippen LogP contribution < -0.4 is 4.90 Å². The number of aliphatic carboxylic acids is 1. The number of carboxylic acid groups (broad SMARTS) is 1. The minimum atomic E-state index is -4.40. The van der Waals surface area contributed by atoms with Crippen LogP contribution in [0.1, 0.15) is 12.5 Å². The molecule has 0 unspecified atom stereocenters. The first-order chi connectivity index (χ1) is 9.21. The Balaban J connectivity index is 3.07. The highest BCUT2D eigenvalue weighted by Gasteiger charge is 2.30. The van der Waals surface area contributed by atoms with Gasteiger partial charge in [-0.25, -0.2) is 9.18 Å². The molecule has 3 nitrogen and oxygen atoms in total. The van der Waals surface area contributed by atoms with E-state index >= 15 is 0 Å². The van der Waals surface area contributed by atoms with E-state index in [9.17, 15) is 22.4 Å². The molecule has 0 radical (unpaired) electrons. The van der Waals surface area contributed by atoms with E-state index in [2.05, 4.69) is 0 Å². The van der Waals surface area contributed by atoms with Crippen molar-refractivity contribution in [2.24, 2.45) is 0 Å². The fraction of sp³-hybridized carbons (Fsp3) is 0.308. The molecule has 20 heavy (non-hydrogen) atoms. The summed E-state index contributed by atoms with van der Waals surface area (Å²) in [6.45, 7) is 0.365. The van der Waals surface area contributed by atoms with Gasteiger partial charge in [-0.3, -0.25) is 0 Å². The summed E-state index contributed by atoms with van der Waals surface area (Å²) in [5.41, 5.74) is 0.234. The van der Waals surface area contributed by atoms with E-state index in [1.165, 1.54) is 13.0 Å². The second-order valence-corrected chi connectivity index (χ2v) is 4.04. The standard InChI is InChI=1S/C13H13F4NO2/c1-2-18(8-13(15,16)17)11-6-9(3-4-12(19)20)5-10(14)7-11/h3-7H,2,8H2,1H3,(H,19,20)/b4-3+. The van der Waals surface area contributed by atoms with Crippen molar-refractivity contribution < 1.29 is 27.5 Å². The van der Waals surface area contributed by atoms with Crippen LogP contribution in [0.5, 0.6) is 0 Å². The number of hydrogen-bond acceptors (Lipinski definition) is 2. The zero-order valence-electron chi connectivity index (χ0n) is 10.6. The zero-order valence-corrected chi connectivity index (χ0v) is 10.6. The second-order valence-electron chi connectivity index (χ2n) is 4.04. The van der Waals surface area contributed by atoms with Gasteiger partial charge in [0.2, 0.25) is 0 Å². The molecule has 1 aromatic carbocycles. The van der Waals surface area contributed by atoms with Gasteiger partial charge in [0.1, 0.15) is 12.4 Å². The van der Waals surface area contributed by atoms with Crippen molar-refractivity contribution in [3.05, 3.63) is 35.7 Å². The van der Waals surface area contributed by atoms with Crippen LogP contribution in [0.15, 0.2) is 24.3 Å². The molecule has 0 saturated carbocycles. The first-order valence-corrected chi connectivity index (χ1v) is 5.74. The van der Waals surface area contributed by atoms with Crippen molar-refractivity contribution in [2.45, 2.75) is 13.1 Å². The van der Waals surface area contributed by atoms with Crippen molar-refractivity contribution in [2.75, 3.05) is 18.0 Å². The number of alkyl halides is 3. The second kappa shape index (κ2) is 6.40. The molecule has 1 aromatic rings. The predicted octanol–water partition coefficient (Wildman–Crippen LogP) is 3.31. The lowest BCUT2D eigenvalue weighted by molar-refractivity contribution is -0.131. The van der Waals surface area contributed by atoms with Gasteiger partial charge in [0, 0.05) is 18.3 Å².